The second-order valence-electron chi connectivity index (χ2n) is 4.98. The van der Waals surface area contributed by atoms with Crippen LogP contribution in [0.5, 0.6) is 0 Å². The van der Waals surface area contributed by atoms with E-state index in [1.54, 1.807) is 6.07 Å². The molecule has 0 aliphatic heterocycles. The maximum absolute atomic E-state index is 13.4. The summed E-state index contributed by atoms with van der Waals surface area (Å²) in [4.78, 5) is 0. The molecule has 0 heterocycles. The van der Waals surface area contributed by atoms with Crippen LogP contribution < -0.4 is 5.32 Å². The van der Waals surface area contributed by atoms with Crippen molar-refractivity contribution in [1.29, 1.82) is 0 Å². The molecule has 0 bridgehead atoms. The minimum absolute atomic E-state index is 0.153. The summed E-state index contributed by atoms with van der Waals surface area (Å²) in [7, 11) is 0. The third-order valence-electron chi connectivity index (χ3n) is 3.38. The Morgan fingerprint density at radius 3 is 2.53 bits per heavy atom. The molecular formula is C17H20FN. The van der Waals surface area contributed by atoms with Gasteiger partial charge < -0.3 is 5.32 Å². The molecule has 0 aliphatic carbocycles. The topological polar surface area (TPSA) is 12.0 Å². The first-order valence-corrected chi connectivity index (χ1v) is 6.72. The lowest BCUT2D eigenvalue weighted by atomic mass is 10.1. The molecule has 100 valence electrons. The lowest BCUT2D eigenvalue weighted by Crippen LogP contribution is -2.17. The van der Waals surface area contributed by atoms with Gasteiger partial charge in [0.1, 0.15) is 5.82 Å². The number of hydrogen-bond acceptors (Lipinski definition) is 1. The largest absolute Gasteiger partial charge is 0.382 e. The van der Waals surface area contributed by atoms with Crippen LogP contribution in [0.2, 0.25) is 0 Å². The van der Waals surface area contributed by atoms with Gasteiger partial charge in [-0.2, -0.15) is 0 Å². The van der Waals surface area contributed by atoms with E-state index in [4.69, 9.17) is 0 Å². The monoisotopic (exact) mass is 257 g/mol. The number of aryl methyl sites for hydroxylation is 1. The molecule has 1 atom stereocenters. The molecule has 0 fully saturated rings. The van der Waals surface area contributed by atoms with Crippen molar-refractivity contribution in [1.82, 2.24) is 0 Å². The predicted molar refractivity (Wildman–Crippen MR) is 79.0 cm³/mol. The number of hydrogen-bond donors (Lipinski definition) is 1. The smallest absolute Gasteiger partial charge is 0.128 e. The Kier molecular flexibility index (Phi) is 4.56. The minimum atomic E-state index is -0.153. The normalized spacial score (nSPS) is 12.2. The first-order valence-electron chi connectivity index (χ1n) is 6.72. The molecule has 1 nitrogen and oxygen atoms in total. The molecule has 0 radical (unpaired) electrons. The standard InChI is InChI=1S/C17H20FN/c1-13(11-12-15-7-4-3-5-8-15)19-17-10-6-9-16(18)14(17)2/h3-10,13,19H,11-12H2,1-2H3. The van der Waals surface area contributed by atoms with E-state index in [9.17, 15) is 4.39 Å². The van der Waals surface area contributed by atoms with Crippen molar-refractivity contribution in [3.05, 3.63) is 65.5 Å². The Hall–Kier alpha value is -1.83. The summed E-state index contributed by atoms with van der Waals surface area (Å²) in [6.07, 6.45) is 2.06. The lowest BCUT2D eigenvalue weighted by Gasteiger charge is -2.17. The van der Waals surface area contributed by atoms with Gasteiger partial charge in [-0.25, -0.2) is 4.39 Å². The van der Waals surface area contributed by atoms with E-state index in [1.807, 2.05) is 19.1 Å². The van der Waals surface area contributed by atoms with E-state index in [0.29, 0.717) is 11.6 Å². The van der Waals surface area contributed by atoms with Crippen molar-refractivity contribution < 1.29 is 4.39 Å². The third kappa shape index (κ3) is 3.82. The number of anilines is 1. The van der Waals surface area contributed by atoms with Gasteiger partial charge in [0.05, 0.1) is 0 Å². The molecule has 1 unspecified atom stereocenters. The second-order valence-corrected chi connectivity index (χ2v) is 4.98. The fourth-order valence-corrected chi connectivity index (χ4v) is 2.13. The molecule has 0 saturated carbocycles. The SMILES string of the molecule is Cc1c(F)cccc1NC(C)CCc1ccccc1. The van der Waals surface area contributed by atoms with Gasteiger partial charge in [0.15, 0.2) is 0 Å². The summed E-state index contributed by atoms with van der Waals surface area (Å²) < 4.78 is 13.4. The minimum Gasteiger partial charge on any atom is -0.382 e. The zero-order valence-corrected chi connectivity index (χ0v) is 11.5. The Labute approximate surface area is 114 Å². The average molecular weight is 257 g/mol. The molecule has 2 heteroatoms. The van der Waals surface area contributed by atoms with E-state index in [0.717, 1.165) is 18.5 Å². The highest BCUT2D eigenvalue weighted by atomic mass is 19.1. The Morgan fingerprint density at radius 1 is 1.05 bits per heavy atom. The van der Waals surface area contributed by atoms with Gasteiger partial charge >= 0.3 is 0 Å². The molecule has 2 aromatic carbocycles. The Bertz CT molecular complexity index is 522. The summed E-state index contributed by atoms with van der Waals surface area (Å²) in [6.45, 7) is 3.94. The summed E-state index contributed by atoms with van der Waals surface area (Å²) >= 11 is 0. The van der Waals surface area contributed by atoms with Crippen LogP contribution in [0.25, 0.3) is 0 Å². The van der Waals surface area contributed by atoms with Crippen molar-refractivity contribution in [2.45, 2.75) is 32.7 Å². The van der Waals surface area contributed by atoms with Crippen LogP contribution in [-0.2, 0) is 6.42 Å². The zero-order valence-electron chi connectivity index (χ0n) is 11.5. The highest BCUT2D eigenvalue weighted by Crippen LogP contribution is 2.19. The van der Waals surface area contributed by atoms with Crippen LogP contribution in [0.15, 0.2) is 48.5 Å². The molecule has 0 amide bonds. The van der Waals surface area contributed by atoms with Crippen LogP contribution in [0, 0.1) is 12.7 Å². The Morgan fingerprint density at radius 2 is 1.79 bits per heavy atom. The van der Waals surface area contributed by atoms with Gasteiger partial charge in [0.25, 0.3) is 0 Å². The molecule has 2 rings (SSSR count). The third-order valence-corrected chi connectivity index (χ3v) is 3.38. The molecule has 2 aromatic rings. The predicted octanol–water partition coefficient (Wildman–Crippen LogP) is 4.57. The van der Waals surface area contributed by atoms with Crippen molar-refractivity contribution in [3.63, 3.8) is 0 Å². The van der Waals surface area contributed by atoms with Crippen LogP contribution in [0.3, 0.4) is 0 Å². The van der Waals surface area contributed by atoms with E-state index in [2.05, 4.69) is 36.5 Å². The average Bonchev–Trinajstić information content (AvgIpc) is 2.43. The summed E-state index contributed by atoms with van der Waals surface area (Å²) in [5, 5.41) is 3.38. The van der Waals surface area contributed by atoms with E-state index in [1.165, 1.54) is 11.6 Å². The fourth-order valence-electron chi connectivity index (χ4n) is 2.13. The van der Waals surface area contributed by atoms with E-state index in [-0.39, 0.29) is 5.82 Å². The van der Waals surface area contributed by atoms with Crippen molar-refractivity contribution in [2.24, 2.45) is 0 Å². The number of nitrogens with one attached hydrogen (secondary N) is 1. The van der Waals surface area contributed by atoms with Crippen molar-refractivity contribution >= 4 is 5.69 Å². The van der Waals surface area contributed by atoms with Gasteiger partial charge in [-0.05, 0) is 44.4 Å². The number of halogens is 1. The molecule has 0 aromatic heterocycles. The van der Waals surface area contributed by atoms with Gasteiger partial charge in [-0.3, -0.25) is 0 Å². The molecule has 1 N–H and O–H groups in total. The highest BCUT2D eigenvalue weighted by Gasteiger charge is 2.07. The molecule has 0 saturated heterocycles. The van der Waals surface area contributed by atoms with Crippen LogP contribution in [0.1, 0.15) is 24.5 Å². The molecular weight excluding hydrogens is 237 g/mol. The van der Waals surface area contributed by atoms with Gasteiger partial charge in [-0.15, -0.1) is 0 Å². The molecule has 19 heavy (non-hydrogen) atoms. The summed E-state index contributed by atoms with van der Waals surface area (Å²) in [5.41, 5.74) is 2.92. The van der Waals surface area contributed by atoms with Gasteiger partial charge in [-0.1, -0.05) is 36.4 Å². The van der Waals surface area contributed by atoms with Crippen LogP contribution >= 0.6 is 0 Å². The number of rotatable bonds is 5. The second kappa shape index (κ2) is 6.37. The van der Waals surface area contributed by atoms with E-state index < -0.39 is 0 Å². The Balaban J connectivity index is 1.91. The first kappa shape index (κ1) is 13.6. The molecule has 0 aliphatic rings. The van der Waals surface area contributed by atoms with Gasteiger partial charge in [0.2, 0.25) is 0 Å². The van der Waals surface area contributed by atoms with E-state index >= 15 is 0 Å². The zero-order chi connectivity index (χ0) is 13.7. The number of benzene rings is 2. The quantitative estimate of drug-likeness (QED) is 0.827. The van der Waals surface area contributed by atoms with Crippen LogP contribution in [-0.4, -0.2) is 6.04 Å². The molecule has 0 spiro atoms. The van der Waals surface area contributed by atoms with Gasteiger partial charge in [0, 0.05) is 17.3 Å². The van der Waals surface area contributed by atoms with Crippen LogP contribution in [0.4, 0.5) is 10.1 Å². The van der Waals surface area contributed by atoms with Crippen molar-refractivity contribution in [3.8, 4) is 0 Å². The van der Waals surface area contributed by atoms with Crippen molar-refractivity contribution in [2.75, 3.05) is 5.32 Å². The highest BCUT2D eigenvalue weighted by molar-refractivity contribution is 5.51. The first-order chi connectivity index (χ1) is 9.16. The maximum Gasteiger partial charge on any atom is 0.128 e. The maximum atomic E-state index is 13.4. The fraction of sp³-hybridized carbons (Fsp3) is 0.294. The lowest BCUT2D eigenvalue weighted by molar-refractivity contribution is 0.617. The summed E-state index contributed by atoms with van der Waals surface area (Å²) in [5.74, 6) is -0.153. The summed E-state index contributed by atoms with van der Waals surface area (Å²) in [6, 6.07) is 15.9.